The smallest absolute Gasteiger partial charge is 0.254 e. The van der Waals surface area contributed by atoms with E-state index in [-0.39, 0.29) is 23.2 Å². The first-order valence-electron chi connectivity index (χ1n) is 6.37. The van der Waals surface area contributed by atoms with E-state index in [2.05, 4.69) is 0 Å². The Bertz CT molecular complexity index is 593. The Morgan fingerprint density at radius 1 is 1.20 bits per heavy atom. The maximum Gasteiger partial charge on any atom is 0.254 e. The van der Waals surface area contributed by atoms with Crippen molar-refractivity contribution in [2.45, 2.75) is 13.0 Å². The fourth-order valence-electron chi connectivity index (χ4n) is 2.07. The van der Waals surface area contributed by atoms with Crippen LogP contribution in [0, 0.1) is 5.82 Å². The average Bonchev–Trinajstić information content (AvgIpc) is 2.45. The molecule has 0 aliphatic heterocycles. The summed E-state index contributed by atoms with van der Waals surface area (Å²) >= 11 is 0. The number of carbonyl (C=O) groups excluding carboxylic acids is 1. The minimum Gasteiger partial charge on any atom is -0.399 e. The fraction of sp³-hybridized carbons (Fsp3) is 0.188. The van der Waals surface area contributed by atoms with Crippen LogP contribution in [0.2, 0.25) is 0 Å². The number of nitrogens with two attached hydrogens (primary N) is 1. The third-order valence-electron chi connectivity index (χ3n) is 3.35. The molecule has 0 bridgehead atoms. The summed E-state index contributed by atoms with van der Waals surface area (Å²) in [6.07, 6.45) is 0. The first kappa shape index (κ1) is 14.1. The number of nitrogens with zero attached hydrogens (tertiary/aromatic N) is 1. The van der Waals surface area contributed by atoms with E-state index in [4.69, 9.17) is 5.73 Å². The van der Waals surface area contributed by atoms with E-state index < -0.39 is 5.82 Å². The van der Waals surface area contributed by atoms with Gasteiger partial charge in [0, 0.05) is 18.3 Å². The summed E-state index contributed by atoms with van der Waals surface area (Å²) in [6, 6.07) is 13.4. The molecule has 0 aliphatic carbocycles. The molecule has 3 nitrogen and oxygen atoms in total. The molecule has 2 aromatic carbocycles. The number of hydrogen-bond acceptors (Lipinski definition) is 2. The molecule has 0 fully saturated rings. The molecule has 0 aliphatic rings. The molecule has 0 heterocycles. The van der Waals surface area contributed by atoms with Crippen LogP contribution in [-0.4, -0.2) is 17.9 Å². The van der Waals surface area contributed by atoms with Gasteiger partial charge in [-0.05, 0) is 30.7 Å². The molecule has 1 amide bonds. The number of carbonyl (C=O) groups is 1. The quantitative estimate of drug-likeness (QED) is 0.872. The number of nitrogen functional groups attached to an aromatic ring is 1. The molecule has 1 atom stereocenters. The molecule has 0 saturated carbocycles. The fourth-order valence-corrected chi connectivity index (χ4v) is 2.07. The molecule has 2 aromatic rings. The van der Waals surface area contributed by atoms with Gasteiger partial charge in [0.1, 0.15) is 5.82 Å². The van der Waals surface area contributed by atoms with Gasteiger partial charge < -0.3 is 10.6 Å². The van der Waals surface area contributed by atoms with Gasteiger partial charge in [-0.15, -0.1) is 0 Å². The van der Waals surface area contributed by atoms with E-state index in [9.17, 15) is 9.18 Å². The lowest BCUT2D eigenvalue weighted by molar-refractivity contribution is 0.0742. The second-order valence-electron chi connectivity index (χ2n) is 4.78. The molecule has 20 heavy (non-hydrogen) atoms. The number of amides is 1. The summed E-state index contributed by atoms with van der Waals surface area (Å²) in [6.45, 7) is 1.93. The van der Waals surface area contributed by atoms with Crippen LogP contribution in [-0.2, 0) is 0 Å². The Morgan fingerprint density at radius 3 is 2.45 bits per heavy atom. The number of hydrogen-bond donors (Lipinski definition) is 1. The van der Waals surface area contributed by atoms with Crippen molar-refractivity contribution in [2.75, 3.05) is 12.8 Å². The highest BCUT2D eigenvalue weighted by Gasteiger charge is 2.19. The molecular formula is C16H17FN2O. The van der Waals surface area contributed by atoms with Gasteiger partial charge in [-0.1, -0.05) is 30.3 Å². The Morgan fingerprint density at radius 2 is 1.85 bits per heavy atom. The summed E-state index contributed by atoms with van der Waals surface area (Å²) in [7, 11) is 1.70. The molecule has 2 rings (SSSR count). The van der Waals surface area contributed by atoms with Gasteiger partial charge >= 0.3 is 0 Å². The SMILES string of the molecule is CC(c1ccccc1)N(C)C(=O)c1cc(N)cc(F)c1. The zero-order valence-electron chi connectivity index (χ0n) is 11.5. The Kier molecular flexibility index (Phi) is 4.03. The summed E-state index contributed by atoms with van der Waals surface area (Å²) in [5, 5.41) is 0. The van der Waals surface area contributed by atoms with Crippen molar-refractivity contribution >= 4 is 11.6 Å². The van der Waals surface area contributed by atoms with Crippen molar-refractivity contribution in [1.29, 1.82) is 0 Å². The Labute approximate surface area is 117 Å². The average molecular weight is 272 g/mol. The van der Waals surface area contributed by atoms with Gasteiger partial charge in [-0.25, -0.2) is 4.39 Å². The third-order valence-corrected chi connectivity index (χ3v) is 3.35. The number of benzene rings is 2. The molecule has 2 N–H and O–H groups in total. The van der Waals surface area contributed by atoms with E-state index in [0.29, 0.717) is 0 Å². The predicted molar refractivity (Wildman–Crippen MR) is 77.8 cm³/mol. The summed E-state index contributed by atoms with van der Waals surface area (Å²) in [4.78, 5) is 13.9. The maximum absolute atomic E-state index is 13.3. The highest BCUT2D eigenvalue weighted by molar-refractivity contribution is 5.95. The van der Waals surface area contributed by atoms with Crippen LogP contribution in [0.4, 0.5) is 10.1 Å². The van der Waals surface area contributed by atoms with Crippen molar-refractivity contribution in [2.24, 2.45) is 0 Å². The van der Waals surface area contributed by atoms with Gasteiger partial charge in [0.05, 0.1) is 6.04 Å². The Balaban J connectivity index is 2.24. The van der Waals surface area contributed by atoms with Gasteiger partial charge in [0.15, 0.2) is 0 Å². The molecular weight excluding hydrogens is 255 g/mol. The lowest BCUT2D eigenvalue weighted by Gasteiger charge is -2.25. The van der Waals surface area contributed by atoms with Gasteiger partial charge in [0.25, 0.3) is 5.91 Å². The number of anilines is 1. The minimum atomic E-state index is -0.505. The van der Waals surface area contributed by atoms with Crippen LogP contribution in [0.15, 0.2) is 48.5 Å². The highest BCUT2D eigenvalue weighted by atomic mass is 19.1. The second-order valence-corrected chi connectivity index (χ2v) is 4.78. The second kappa shape index (κ2) is 5.74. The normalized spacial score (nSPS) is 11.9. The van der Waals surface area contributed by atoms with Crippen molar-refractivity contribution in [1.82, 2.24) is 4.90 Å². The van der Waals surface area contributed by atoms with Crippen molar-refractivity contribution in [3.8, 4) is 0 Å². The molecule has 0 saturated heterocycles. The Hall–Kier alpha value is -2.36. The molecule has 4 heteroatoms. The van der Waals surface area contributed by atoms with Crippen LogP contribution in [0.25, 0.3) is 0 Å². The van der Waals surface area contributed by atoms with Crippen LogP contribution >= 0.6 is 0 Å². The van der Waals surface area contributed by atoms with Crippen LogP contribution in [0.3, 0.4) is 0 Å². The van der Waals surface area contributed by atoms with Gasteiger partial charge in [-0.2, -0.15) is 0 Å². The molecule has 0 spiro atoms. The minimum absolute atomic E-state index is 0.104. The lowest BCUT2D eigenvalue weighted by atomic mass is 10.1. The van der Waals surface area contributed by atoms with Crippen molar-refractivity contribution in [3.05, 3.63) is 65.5 Å². The van der Waals surface area contributed by atoms with Gasteiger partial charge in [0.2, 0.25) is 0 Å². The molecule has 104 valence electrons. The zero-order chi connectivity index (χ0) is 14.7. The van der Waals surface area contributed by atoms with Crippen LogP contribution in [0.5, 0.6) is 0 Å². The first-order chi connectivity index (χ1) is 9.49. The lowest BCUT2D eigenvalue weighted by Crippen LogP contribution is -2.29. The molecule has 1 unspecified atom stereocenters. The topological polar surface area (TPSA) is 46.3 Å². The van der Waals surface area contributed by atoms with E-state index in [1.807, 2.05) is 37.3 Å². The van der Waals surface area contributed by atoms with Crippen molar-refractivity contribution < 1.29 is 9.18 Å². The standard InChI is InChI=1S/C16H17FN2O/c1-11(12-6-4-3-5-7-12)19(2)16(20)13-8-14(17)10-15(18)9-13/h3-11H,18H2,1-2H3. The maximum atomic E-state index is 13.3. The predicted octanol–water partition coefficient (Wildman–Crippen LogP) is 3.24. The summed E-state index contributed by atoms with van der Waals surface area (Å²) < 4.78 is 13.3. The third kappa shape index (κ3) is 2.96. The zero-order valence-corrected chi connectivity index (χ0v) is 11.5. The first-order valence-corrected chi connectivity index (χ1v) is 6.37. The van der Waals surface area contributed by atoms with E-state index in [0.717, 1.165) is 5.56 Å². The number of halogens is 1. The molecule has 0 radical (unpaired) electrons. The van der Waals surface area contributed by atoms with Crippen molar-refractivity contribution in [3.63, 3.8) is 0 Å². The van der Waals surface area contributed by atoms with Gasteiger partial charge in [-0.3, -0.25) is 4.79 Å². The molecule has 0 aromatic heterocycles. The summed E-state index contributed by atoms with van der Waals surface area (Å²) in [5.41, 5.74) is 7.10. The monoisotopic (exact) mass is 272 g/mol. The highest BCUT2D eigenvalue weighted by Crippen LogP contribution is 2.21. The van der Waals surface area contributed by atoms with Crippen LogP contribution in [0.1, 0.15) is 28.9 Å². The largest absolute Gasteiger partial charge is 0.399 e. The summed E-state index contributed by atoms with van der Waals surface area (Å²) in [5.74, 6) is -0.762. The van der Waals surface area contributed by atoms with E-state index >= 15 is 0 Å². The number of rotatable bonds is 3. The van der Waals surface area contributed by atoms with E-state index in [1.165, 1.54) is 18.2 Å². The van der Waals surface area contributed by atoms with E-state index in [1.54, 1.807) is 11.9 Å². The van der Waals surface area contributed by atoms with Crippen LogP contribution < -0.4 is 5.73 Å².